The molecule has 27 atom stereocenters. The average Bonchev–Trinajstić information content (AvgIpc) is 1.49. The van der Waals surface area contributed by atoms with Gasteiger partial charge in [-0.3, -0.25) is 43.2 Å². The molecule has 0 aromatic heterocycles. The number of esters is 9. The first-order chi connectivity index (χ1) is 42.4. The van der Waals surface area contributed by atoms with Gasteiger partial charge >= 0.3 is 53.7 Å². The zero-order chi connectivity index (χ0) is 65.5. The Hall–Kier alpha value is -5.13. The van der Waals surface area contributed by atoms with Crippen LogP contribution in [0.25, 0.3) is 0 Å². The van der Waals surface area contributed by atoms with E-state index in [1.807, 2.05) is 0 Å². The van der Waals surface area contributed by atoms with E-state index >= 15 is 0 Å². The number of carbonyl (C=O) groups excluding carboxylic acids is 9. The van der Waals surface area contributed by atoms with Crippen molar-refractivity contribution in [2.75, 3.05) is 26.4 Å². The van der Waals surface area contributed by atoms with Gasteiger partial charge in [-0.1, -0.05) is 27.7 Å². The summed E-state index contributed by atoms with van der Waals surface area (Å²) >= 11 is 0. The maximum Gasteiger partial charge on any atom is 0.303 e. The minimum Gasteiger partial charge on any atom is -0.463 e. The predicted octanol–water partition coefficient (Wildman–Crippen LogP) is 4.40. The molecule has 90 heavy (non-hydrogen) atoms. The highest BCUT2D eigenvalue weighted by Gasteiger charge is 2.70. The lowest BCUT2D eigenvalue weighted by Crippen LogP contribution is -2.67. The van der Waals surface area contributed by atoms with Gasteiger partial charge in [0.05, 0.1) is 25.4 Å². The first kappa shape index (κ1) is 69.2. The summed E-state index contributed by atoms with van der Waals surface area (Å²) in [4.78, 5) is 115. The van der Waals surface area contributed by atoms with Gasteiger partial charge in [-0.25, -0.2) is 0 Å². The normalized spacial score (nSPS) is 43.5. The van der Waals surface area contributed by atoms with Gasteiger partial charge in [0.15, 0.2) is 67.4 Å². The summed E-state index contributed by atoms with van der Waals surface area (Å²) in [5.41, 5.74) is 0.0898. The Morgan fingerprint density at radius 1 is 0.467 bits per heavy atom. The van der Waals surface area contributed by atoms with Crippen LogP contribution in [0.2, 0.25) is 0 Å². The van der Waals surface area contributed by atoms with Crippen molar-refractivity contribution in [3.63, 3.8) is 0 Å². The van der Waals surface area contributed by atoms with Crippen molar-refractivity contribution in [3.8, 4) is 0 Å². The topological polar surface area (TPSA) is 331 Å². The van der Waals surface area contributed by atoms with E-state index in [1.165, 1.54) is 0 Å². The van der Waals surface area contributed by atoms with Crippen molar-refractivity contribution >= 4 is 53.7 Å². The molecule has 0 amide bonds. The lowest BCUT2D eigenvalue weighted by molar-refractivity contribution is -0.372. The van der Waals surface area contributed by atoms with Gasteiger partial charge in [-0.2, -0.15) is 0 Å². The average molecular weight is 1280 g/mol. The van der Waals surface area contributed by atoms with Gasteiger partial charge in [0.2, 0.25) is 0 Å². The molecule has 0 aromatic carbocycles. The first-order valence-electron chi connectivity index (χ1n) is 31.8. The van der Waals surface area contributed by atoms with Crippen molar-refractivity contribution in [1.29, 1.82) is 0 Å². The van der Waals surface area contributed by atoms with E-state index in [0.29, 0.717) is 48.3 Å². The van der Waals surface area contributed by atoms with E-state index in [2.05, 4.69) is 27.7 Å². The summed E-state index contributed by atoms with van der Waals surface area (Å²) in [6.07, 6.45) is -16.6. The molecule has 9 aliphatic rings. The van der Waals surface area contributed by atoms with E-state index in [-0.39, 0.29) is 22.9 Å². The van der Waals surface area contributed by atoms with Crippen LogP contribution in [0.1, 0.15) is 154 Å². The Morgan fingerprint density at radius 2 is 0.956 bits per heavy atom. The SMILES string of the molecule is CC(=O)OC[C@H]1O[C@@H](OC[C@H]2O[C@H](O[C@H]3CC[C@@]4(C)[C@H](CC[C@@H]5[C@@H]4CC[C@]4(C)[C@@H]6[C@H](C[C@@H]54)O[C@]4(CC[C@H](C)CO4)[C@H]6C)C3)[C@H](O)[C@@H](OC(C)=O)[C@@H]2O[C@@H]2O[C@H](COC(C)=O)[C@@H](OC(C)=O)[C@H](OC(C)=O)[C@H]2OC(C)=O)[C@H](OC(C)=O)[C@@H](OC(C)=O)[C@@H]1OC(C)=O. The van der Waals surface area contributed by atoms with Crippen LogP contribution >= 0.6 is 0 Å². The third kappa shape index (κ3) is 14.8. The number of hydrogen-bond donors (Lipinski definition) is 1. The third-order valence-corrected chi connectivity index (χ3v) is 20.7. The van der Waals surface area contributed by atoms with Crippen LogP contribution in [-0.4, -0.2) is 195 Å². The standard InChI is InChI=1S/C63H92O27/c1-28-16-21-63(77-24-28)29(2)48-44(90-63)23-43-41-15-14-39-22-40(17-19-61(39,12)42(41)18-20-62(43,48)13)85-58-49(73)53(80-34(7)68)50(89-60-57(84-38(11)72)55(82-36(9)70)52(79-33(6)67)46(88-60)26-75-31(4)65)47(86-58)27-76-59-56(83-37(10)71)54(81-35(8)69)51(78-32(5)66)45(87-59)25-74-30(3)64/h28-29,39-60,73H,14-27H2,1-13H3/t28-,29-,39+,40-,41+,42-,43-,44-,45+,46+,47+,48-,49+,50+,51+,52+,53+,54-,55-,56+,57+,58-,59+,60-,61-,62-,63+/m0/s1. The maximum atomic E-state index is 13.4. The lowest BCUT2D eigenvalue weighted by atomic mass is 9.44. The highest BCUT2D eigenvalue weighted by molar-refractivity contribution is 5.70. The molecule has 5 aliphatic heterocycles. The molecular formula is C63H92O27. The van der Waals surface area contributed by atoms with Crippen molar-refractivity contribution < 1.29 is 129 Å². The third-order valence-electron chi connectivity index (χ3n) is 20.7. The Bertz CT molecular complexity index is 2640. The highest BCUT2D eigenvalue weighted by Crippen LogP contribution is 2.71. The largest absolute Gasteiger partial charge is 0.463 e. The minimum atomic E-state index is -1.94. The minimum absolute atomic E-state index is 0.0335. The maximum absolute atomic E-state index is 13.4. The molecule has 4 saturated carbocycles. The fourth-order valence-corrected chi connectivity index (χ4v) is 17.1. The van der Waals surface area contributed by atoms with E-state index in [1.54, 1.807) is 0 Å². The molecule has 506 valence electrons. The number of rotatable bonds is 18. The van der Waals surface area contributed by atoms with E-state index in [0.717, 1.165) is 120 Å². The summed E-state index contributed by atoms with van der Waals surface area (Å²) in [5.74, 6) is -5.58. The van der Waals surface area contributed by atoms with Crippen LogP contribution in [-0.2, 0) is 124 Å². The van der Waals surface area contributed by atoms with Crippen molar-refractivity contribution in [1.82, 2.24) is 0 Å². The molecule has 1 spiro atoms. The van der Waals surface area contributed by atoms with Crippen LogP contribution in [0.4, 0.5) is 0 Å². The van der Waals surface area contributed by atoms with Crippen molar-refractivity contribution in [2.24, 2.45) is 52.3 Å². The second-order valence-electron chi connectivity index (χ2n) is 26.9. The fraction of sp³-hybridized carbons (Fsp3) is 0.857. The summed E-state index contributed by atoms with van der Waals surface area (Å²) in [7, 11) is 0. The quantitative estimate of drug-likeness (QED) is 0.113. The summed E-state index contributed by atoms with van der Waals surface area (Å²) in [6, 6.07) is 0. The molecule has 0 radical (unpaired) electrons. The van der Waals surface area contributed by atoms with E-state index < -0.39 is 178 Å². The van der Waals surface area contributed by atoms with Crippen LogP contribution < -0.4 is 0 Å². The zero-order valence-corrected chi connectivity index (χ0v) is 53.8. The number of ether oxygens (including phenoxy) is 17. The fourth-order valence-electron chi connectivity index (χ4n) is 17.1. The van der Waals surface area contributed by atoms with Crippen LogP contribution in [0, 0.1) is 52.3 Å². The van der Waals surface area contributed by atoms with E-state index in [4.69, 9.17) is 80.5 Å². The summed E-state index contributed by atoms with van der Waals surface area (Å²) in [6.45, 7) is 17.8. The van der Waals surface area contributed by atoms with Crippen LogP contribution in [0.15, 0.2) is 0 Å². The Balaban J connectivity index is 1.02. The molecule has 9 rings (SSSR count). The highest BCUT2D eigenvalue weighted by atomic mass is 16.8. The Kier molecular flexibility index (Phi) is 21.7. The number of carbonyl (C=O) groups is 9. The Labute approximate surface area is 523 Å². The molecule has 27 nitrogen and oxygen atoms in total. The summed E-state index contributed by atoms with van der Waals surface area (Å²) in [5, 5.41) is 12.6. The predicted molar refractivity (Wildman–Crippen MR) is 302 cm³/mol. The molecule has 9 fully saturated rings. The smallest absolute Gasteiger partial charge is 0.303 e. The van der Waals surface area contributed by atoms with Gasteiger partial charge in [0.1, 0.15) is 43.7 Å². The van der Waals surface area contributed by atoms with Crippen molar-refractivity contribution in [2.45, 2.75) is 264 Å². The van der Waals surface area contributed by atoms with Crippen molar-refractivity contribution in [3.05, 3.63) is 0 Å². The molecular weight excluding hydrogens is 1190 g/mol. The molecule has 0 aromatic rings. The Morgan fingerprint density at radius 3 is 1.49 bits per heavy atom. The number of fused-ring (bicyclic) bond motifs is 7. The zero-order valence-electron chi connectivity index (χ0n) is 53.8. The number of aliphatic hydroxyl groups is 1. The molecule has 1 N–H and O–H groups in total. The second kappa shape index (κ2) is 28.2. The second-order valence-corrected chi connectivity index (χ2v) is 26.9. The van der Waals surface area contributed by atoms with Gasteiger partial charge < -0.3 is 85.6 Å². The molecule has 0 bridgehead atoms. The molecule has 27 heteroatoms. The van der Waals surface area contributed by atoms with Gasteiger partial charge in [0, 0.05) is 74.7 Å². The summed E-state index contributed by atoms with van der Waals surface area (Å²) < 4.78 is 103. The lowest BCUT2D eigenvalue weighted by Gasteiger charge is -2.61. The van der Waals surface area contributed by atoms with Gasteiger partial charge in [-0.05, 0) is 104 Å². The van der Waals surface area contributed by atoms with E-state index in [9.17, 15) is 48.3 Å². The van der Waals surface area contributed by atoms with Gasteiger partial charge in [0.25, 0.3) is 0 Å². The molecule has 4 aliphatic carbocycles. The van der Waals surface area contributed by atoms with Crippen LogP contribution in [0.3, 0.4) is 0 Å². The number of aliphatic hydroxyl groups excluding tert-OH is 1. The first-order valence-corrected chi connectivity index (χ1v) is 31.8. The van der Waals surface area contributed by atoms with Crippen LogP contribution in [0.5, 0.6) is 0 Å². The monoisotopic (exact) mass is 1280 g/mol. The molecule has 0 unspecified atom stereocenters. The van der Waals surface area contributed by atoms with Gasteiger partial charge in [-0.15, -0.1) is 0 Å². The molecule has 5 heterocycles. The number of hydrogen-bond acceptors (Lipinski definition) is 27. The molecule has 5 saturated heterocycles.